The number of unbranched alkanes of at least 4 members (excludes halogenated alkanes) is 4. The third kappa shape index (κ3) is 9.24. The summed E-state index contributed by atoms with van der Waals surface area (Å²) < 4.78 is 0. The smallest absolute Gasteiger partial charge is 0.249 e. The minimum atomic E-state index is -0.126. The Hall–Kier alpha value is -7.59. The molecule has 74 heavy (non-hydrogen) atoms. The SMILES string of the molecule is CCCCCCCc1cc2c3c(c1)N(c1c(-c4ccc(-c5ccccc5)cc4)cc(C(C)(C)C)cc1-c1ccc(-c4ccccc4)cc1)c1ccc(-c4ccccc4)cc1B3c1cc(-c3ccccc3)ccc1S2. The fraction of sp³-hybridized carbons (Fsp3) is 0.155. The Labute approximate surface area is 444 Å². The summed E-state index contributed by atoms with van der Waals surface area (Å²) in [5, 5.41) is 0. The molecule has 0 saturated carbocycles. The van der Waals surface area contributed by atoms with Crippen LogP contribution in [0, 0.1) is 0 Å². The molecule has 0 spiro atoms. The van der Waals surface area contributed by atoms with Crippen molar-refractivity contribution in [2.45, 2.75) is 81.4 Å². The third-order valence-corrected chi connectivity index (χ3v) is 16.6. The molecule has 0 bridgehead atoms. The molecule has 0 unspecified atom stereocenters. The molecule has 0 aromatic heterocycles. The van der Waals surface area contributed by atoms with Crippen LogP contribution in [0.25, 0.3) is 66.8 Å². The molecule has 2 aliphatic rings. The molecule has 0 saturated heterocycles. The van der Waals surface area contributed by atoms with Gasteiger partial charge in [-0.25, -0.2) is 0 Å². The summed E-state index contributed by atoms with van der Waals surface area (Å²) >= 11 is 1.97. The van der Waals surface area contributed by atoms with E-state index in [9.17, 15) is 0 Å². The van der Waals surface area contributed by atoms with Crippen LogP contribution in [0.1, 0.15) is 70.9 Å². The van der Waals surface area contributed by atoms with Gasteiger partial charge >= 0.3 is 0 Å². The van der Waals surface area contributed by atoms with Gasteiger partial charge in [-0.15, -0.1) is 0 Å². The standard InChI is InChI=1S/C71H62BNS/c1-5-6-7-8-13-22-49-43-66-69-68(44-49)74-67-42-40-59(53-29-20-12-21-30-53)46-64(67)72(69)63-45-58(52-27-18-11-19-28-52)39-41-65(63)73(66)70-61(56-35-31-54(32-36-56)50-23-14-9-15-24-50)47-60(71(2,3)4)48-62(70)57-37-33-55(34-38-57)51-25-16-10-17-26-51/h9-12,14-21,23-48H,5-8,13,22H2,1-4H3. The van der Waals surface area contributed by atoms with Crippen LogP contribution >= 0.6 is 11.8 Å². The molecule has 2 aliphatic heterocycles. The number of benzene rings is 10. The van der Waals surface area contributed by atoms with E-state index in [0.717, 1.165) is 6.42 Å². The first kappa shape index (κ1) is 47.4. The predicted octanol–water partition coefficient (Wildman–Crippen LogP) is 18.3. The highest BCUT2D eigenvalue weighted by Gasteiger charge is 2.43. The molecule has 3 heteroatoms. The Balaban J connectivity index is 1.15. The van der Waals surface area contributed by atoms with Crippen molar-refractivity contribution < 1.29 is 0 Å². The molecule has 1 nitrogen and oxygen atoms in total. The van der Waals surface area contributed by atoms with Crippen LogP contribution in [0.15, 0.2) is 240 Å². The average Bonchev–Trinajstić information content (AvgIpc) is 3.45. The van der Waals surface area contributed by atoms with E-state index in [1.54, 1.807) is 0 Å². The van der Waals surface area contributed by atoms with E-state index in [1.165, 1.54) is 153 Å². The van der Waals surface area contributed by atoms with Crippen molar-refractivity contribution in [3.05, 3.63) is 242 Å². The van der Waals surface area contributed by atoms with Gasteiger partial charge in [0.05, 0.1) is 5.69 Å². The summed E-state index contributed by atoms with van der Waals surface area (Å²) in [5.41, 5.74) is 25.1. The lowest BCUT2D eigenvalue weighted by Gasteiger charge is -2.42. The second-order valence-corrected chi connectivity index (χ2v) is 22.5. The Kier molecular flexibility index (Phi) is 13.1. The normalized spacial score (nSPS) is 12.5. The summed E-state index contributed by atoms with van der Waals surface area (Å²) in [4.78, 5) is 5.41. The Morgan fingerprint density at radius 1 is 0.392 bits per heavy atom. The van der Waals surface area contributed by atoms with Gasteiger partial charge in [0.15, 0.2) is 0 Å². The molecule has 0 radical (unpaired) electrons. The first-order chi connectivity index (χ1) is 36.3. The molecule has 10 aromatic rings. The summed E-state index contributed by atoms with van der Waals surface area (Å²) in [6.45, 7) is 9.40. The summed E-state index contributed by atoms with van der Waals surface area (Å²) in [6.07, 6.45) is 7.29. The van der Waals surface area contributed by atoms with Crippen LogP contribution in [-0.4, -0.2) is 6.71 Å². The Morgan fingerprint density at radius 2 is 0.838 bits per heavy atom. The molecular formula is C71H62BNS. The van der Waals surface area contributed by atoms with Gasteiger partial charge in [0.25, 0.3) is 0 Å². The minimum absolute atomic E-state index is 0.0180. The van der Waals surface area contributed by atoms with Gasteiger partial charge in [0.1, 0.15) is 0 Å². The maximum Gasteiger partial charge on any atom is 0.249 e. The Bertz CT molecular complexity index is 3490. The fourth-order valence-electron chi connectivity index (χ4n) is 11.4. The van der Waals surface area contributed by atoms with Gasteiger partial charge in [-0.05, 0) is 132 Å². The van der Waals surface area contributed by atoms with E-state index in [1.807, 2.05) is 11.8 Å². The van der Waals surface area contributed by atoms with Crippen LogP contribution in [0.4, 0.5) is 17.1 Å². The van der Waals surface area contributed by atoms with E-state index in [2.05, 4.69) is 263 Å². The topological polar surface area (TPSA) is 3.24 Å². The van der Waals surface area contributed by atoms with Crippen molar-refractivity contribution in [3.63, 3.8) is 0 Å². The molecule has 360 valence electrons. The number of hydrogen-bond acceptors (Lipinski definition) is 2. The molecule has 12 rings (SSSR count). The molecule has 0 N–H and O–H groups in total. The lowest BCUT2D eigenvalue weighted by molar-refractivity contribution is 0.591. The fourth-order valence-corrected chi connectivity index (χ4v) is 12.7. The lowest BCUT2D eigenvalue weighted by Crippen LogP contribution is -2.60. The van der Waals surface area contributed by atoms with E-state index in [4.69, 9.17) is 0 Å². The zero-order valence-corrected chi connectivity index (χ0v) is 43.9. The number of hydrogen-bond donors (Lipinski definition) is 0. The summed E-state index contributed by atoms with van der Waals surface area (Å²) in [5.74, 6) is 0. The van der Waals surface area contributed by atoms with Gasteiger partial charge in [0.2, 0.25) is 6.71 Å². The molecule has 0 fully saturated rings. The highest BCUT2D eigenvalue weighted by atomic mass is 32.2. The first-order valence-electron chi connectivity index (χ1n) is 26.8. The van der Waals surface area contributed by atoms with Crippen molar-refractivity contribution in [2.75, 3.05) is 4.90 Å². The predicted molar refractivity (Wildman–Crippen MR) is 320 cm³/mol. The number of rotatable bonds is 13. The molecule has 0 aliphatic carbocycles. The maximum atomic E-state index is 2.71. The first-order valence-corrected chi connectivity index (χ1v) is 27.6. The van der Waals surface area contributed by atoms with Crippen LogP contribution in [0.5, 0.6) is 0 Å². The quantitative estimate of drug-likeness (QED) is 0.0837. The van der Waals surface area contributed by atoms with E-state index >= 15 is 0 Å². The minimum Gasteiger partial charge on any atom is -0.310 e. The molecule has 10 aromatic carbocycles. The van der Waals surface area contributed by atoms with Gasteiger partial charge in [-0.2, -0.15) is 0 Å². The van der Waals surface area contributed by atoms with Crippen molar-refractivity contribution in [1.82, 2.24) is 0 Å². The number of aryl methyl sites for hydroxylation is 1. The van der Waals surface area contributed by atoms with Crippen LogP contribution < -0.4 is 21.3 Å². The average molecular weight is 972 g/mol. The van der Waals surface area contributed by atoms with Crippen molar-refractivity contribution in [1.29, 1.82) is 0 Å². The zero-order valence-electron chi connectivity index (χ0n) is 43.1. The van der Waals surface area contributed by atoms with E-state index in [0.29, 0.717) is 0 Å². The maximum absolute atomic E-state index is 2.71. The number of nitrogens with zero attached hydrogens (tertiary/aromatic N) is 1. The second kappa shape index (κ2) is 20.4. The number of fused-ring (bicyclic) bond motifs is 4. The summed E-state index contributed by atoms with van der Waals surface area (Å²) in [7, 11) is 0. The highest BCUT2D eigenvalue weighted by molar-refractivity contribution is 8.00. The van der Waals surface area contributed by atoms with Crippen LogP contribution in [0.2, 0.25) is 0 Å². The van der Waals surface area contributed by atoms with E-state index < -0.39 is 0 Å². The van der Waals surface area contributed by atoms with Crippen molar-refractivity contribution in [2.24, 2.45) is 0 Å². The second-order valence-electron chi connectivity index (χ2n) is 21.4. The lowest BCUT2D eigenvalue weighted by atomic mass is 9.34. The largest absolute Gasteiger partial charge is 0.310 e. The summed E-state index contributed by atoms with van der Waals surface area (Å²) in [6, 6.07) is 86.9. The van der Waals surface area contributed by atoms with Gasteiger partial charge in [0, 0.05) is 32.3 Å². The number of anilines is 3. The Morgan fingerprint density at radius 3 is 1.35 bits per heavy atom. The van der Waals surface area contributed by atoms with Gasteiger partial charge in [-0.3, -0.25) is 0 Å². The van der Waals surface area contributed by atoms with E-state index in [-0.39, 0.29) is 12.1 Å². The van der Waals surface area contributed by atoms with Gasteiger partial charge in [-0.1, -0.05) is 265 Å². The molecular weight excluding hydrogens is 910 g/mol. The van der Waals surface area contributed by atoms with Crippen molar-refractivity contribution in [3.8, 4) is 66.8 Å². The third-order valence-electron chi connectivity index (χ3n) is 15.4. The molecule has 2 heterocycles. The van der Waals surface area contributed by atoms with Crippen molar-refractivity contribution >= 4 is 51.9 Å². The highest BCUT2D eigenvalue weighted by Crippen LogP contribution is 2.51. The van der Waals surface area contributed by atoms with Crippen LogP contribution in [-0.2, 0) is 11.8 Å². The van der Waals surface area contributed by atoms with Crippen LogP contribution in [0.3, 0.4) is 0 Å². The molecule has 0 amide bonds. The van der Waals surface area contributed by atoms with Gasteiger partial charge < -0.3 is 4.90 Å². The monoisotopic (exact) mass is 971 g/mol. The molecule has 0 atom stereocenters. The zero-order chi connectivity index (χ0) is 50.2.